The Kier molecular flexibility index (Phi) is 5.30. The molecule has 0 saturated carbocycles. The van der Waals surface area contributed by atoms with E-state index in [-0.39, 0.29) is 17.7 Å². The number of carbonyl (C=O) groups excluding carboxylic acids is 2. The molecule has 2 fully saturated rings. The molecule has 0 radical (unpaired) electrons. The molecular formula is C20H28N2O3. The van der Waals surface area contributed by atoms with Crippen LogP contribution >= 0.6 is 0 Å². The van der Waals surface area contributed by atoms with E-state index in [9.17, 15) is 9.59 Å². The Hall–Kier alpha value is -2.04. The monoisotopic (exact) mass is 344 g/mol. The summed E-state index contributed by atoms with van der Waals surface area (Å²) in [5.41, 5.74) is 1.84. The van der Waals surface area contributed by atoms with Crippen LogP contribution in [0.1, 0.15) is 44.6 Å². The maximum Gasteiger partial charge on any atom is 0.228 e. The van der Waals surface area contributed by atoms with E-state index in [0.717, 1.165) is 37.1 Å². The van der Waals surface area contributed by atoms with Crippen LogP contribution in [-0.2, 0) is 9.59 Å². The van der Waals surface area contributed by atoms with Crippen molar-refractivity contribution in [1.29, 1.82) is 0 Å². The van der Waals surface area contributed by atoms with Crippen molar-refractivity contribution in [2.24, 2.45) is 5.92 Å². The number of hydrogen-bond donors (Lipinski definition) is 0. The number of rotatable bonds is 4. The lowest BCUT2D eigenvalue weighted by Gasteiger charge is -2.36. The van der Waals surface area contributed by atoms with Crippen LogP contribution in [0.2, 0.25) is 0 Å². The standard InChI is InChI=1S/C20H28N2O3/c1-4-16-7-5-6-10-21(16)20(24)15-12-19(23)22(13-15)17-11-14(2)8-9-18(17)25-3/h8-9,11,15-16H,4-7,10,12-13H2,1-3H3/t15-,16-/m0/s1. The molecule has 0 spiro atoms. The van der Waals surface area contributed by atoms with Gasteiger partial charge < -0.3 is 14.5 Å². The largest absolute Gasteiger partial charge is 0.495 e. The molecule has 5 nitrogen and oxygen atoms in total. The van der Waals surface area contributed by atoms with Gasteiger partial charge in [-0.2, -0.15) is 0 Å². The van der Waals surface area contributed by atoms with Crippen LogP contribution < -0.4 is 9.64 Å². The van der Waals surface area contributed by atoms with E-state index < -0.39 is 0 Å². The molecule has 25 heavy (non-hydrogen) atoms. The van der Waals surface area contributed by atoms with E-state index in [4.69, 9.17) is 4.74 Å². The Morgan fingerprint density at radius 2 is 2.12 bits per heavy atom. The minimum absolute atomic E-state index is 0.00677. The van der Waals surface area contributed by atoms with Crippen molar-refractivity contribution in [1.82, 2.24) is 4.90 Å². The van der Waals surface area contributed by atoms with Crippen LogP contribution in [0.4, 0.5) is 5.69 Å². The number of carbonyl (C=O) groups is 2. The molecule has 3 rings (SSSR count). The highest BCUT2D eigenvalue weighted by molar-refractivity contribution is 6.01. The van der Waals surface area contributed by atoms with Gasteiger partial charge in [0.1, 0.15) is 5.75 Å². The first-order chi connectivity index (χ1) is 12.0. The van der Waals surface area contributed by atoms with Crippen molar-refractivity contribution >= 4 is 17.5 Å². The highest BCUT2D eigenvalue weighted by Gasteiger charge is 2.39. The fourth-order valence-electron chi connectivity index (χ4n) is 4.07. The predicted octanol–water partition coefficient (Wildman–Crippen LogP) is 3.15. The first-order valence-electron chi connectivity index (χ1n) is 9.30. The summed E-state index contributed by atoms with van der Waals surface area (Å²) in [7, 11) is 1.61. The van der Waals surface area contributed by atoms with Gasteiger partial charge >= 0.3 is 0 Å². The fraction of sp³-hybridized carbons (Fsp3) is 0.600. The molecule has 1 aromatic carbocycles. The fourth-order valence-corrected chi connectivity index (χ4v) is 4.07. The second kappa shape index (κ2) is 7.46. The van der Waals surface area contributed by atoms with Crippen LogP contribution in [0, 0.1) is 12.8 Å². The molecule has 2 aliphatic heterocycles. The molecule has 136 valence electrons. The van der Waals surface area contributed by atoms with E-state index >= 15 is 0 Å². The maximum atomic E-state index is 13.0. The number of ether oxygens (including phenoxy) is 1. The first-order valence-corrected chi connectivity index (χ1v) is 9.30. The minimum Gasteiger partial charge on any atom is -0.495 e. The van der Waals surface area contributed by atoms with Crippen LogP contribution in [0.5, 0.6) is 5.75 Å². The molecule has 2 amide bonds. The Bertz CT molecular complexity index is 658. The lowest BCUT2D eigenvalue weighted by molar-refractivity contribution is -0.139. The summed E-state index contributed by atoms with van der Waals surface area (Å²) < 4.78 is 5.42. The van der Waals surface area contributed by atoms with Crippen LogP contribution in [-0.4, -0.2) is 43.0 Å². The molecule has 0 N–H and O–H groups in total. The summed E-state index contributed by atoms with van der Waals surface area (Å²) in [5, 5.41) is 0. The zero-order chi connectivity index (χ0) is 18.0. The van der Waals surface area contributed by atoms with E-state index in [0.29, 0.717) is 24.8 Å². The van der Waals surface area contributed by atoms with Gasteiger partial charge in [0, 0.05) is 25.6 Å². The molecule has 2 saturated heterocycles. The number of aryl methyl sites for hydroxylation is 1. The third-order valence-corrected chi connectivity index (χ3v) is 5.48. The average Bonchev–Trinajstić information content (AvgIpc) is 3.02. The zero-order valence-corrected chi connectivity index (χ0v) is 15.5. The number of amides is 2. The molecule has 2 heterocycles. The van der Waals surface area contributed by atoms with Gasteiger partial charge in [-0.05, 0) is 50.3 Å². The highest BCUT2D eigenvalue weighted by atomic mass is 16.5. The van der Waals surface area contributed by atoms with Gasteiger partial charge in [0.05, 0.1) is 18.7 Å². The van der Waals surface area contributed by atoms with Crippen molar-refractivity contribution < 1.29 is 14.3 Å². The average molecular weight is 344 g/mol. The third-order valence-electron chi connectivity index (χ3n) is 5.48. The van der Waals surface area contributed by atoms with Gasteiger partial charge in [0.15, 0.2) is 0 Å². The predicted molar refractivity (Wildman–Crippen MR) is 97.8 cm³/mol. The molecule has 0 aromatic heterocycles. The molecular weight excluding hydrogens is 316 g/mol. The maximum absolute atomic E-state index is 13.0. The van der Waals surface area contributed by atoms with Crippen LogP contribution in [0.3, 0.4) is 0 Å². The summed E-state index contributed by atoms with van der Waals surface area (Å²) in [6.07, 6.45) is 4.62. The molecule has 0 aliphatic carbocycles. The van der Waals surface area contributed by atoms with Crippen LogP contribution in [0.15, 0.2) is 18.2 Å². The van der Waals surface area contributed by atoms with Crippen molar-refractivity contribution in [2.45, 2.75) is 52.0 Å². The van der Waals surface area contributed by atoms with E-state index in [2.05, 4.69) is 6.92 Å². The van der Waals surface area contributed by atoms with Gasteiger partial charge in [0.2, 0.25) is 11.8 Å². The first kappa shape index (κ1) is 17.8. The topological polar surface area (TPSA) is 49.9 Å². The molecule has 5 heteroatoms. The number of methoxy groups -OCH3 is 1. The van der Waals surface area contributed by atoms with Crippen molar-refractivity contribution in [3.8, 4) is 5.75 Å². The van der Waals surface area contributed by atoms with Gasteiger partial charge in [-0.15, -0.1) is 0 Å². The van der Waals surface area contributed by atoms with Crippen molar-refractivity contribution in [2.75, 3.05) is 25.1 Å². The van der Waals surface area contributed by atoms with Gasteiger partial charge in [-0.3, -0.25) is 9.59 Å². The number of likely N-dealkylation sites (tertiary alicyclic amines) is 1. The lowest BCUT2D eigenvalue weighted by Crippen LogP contribution is -2.46. The minimum atomic E-state index is -0.245. The molecule has 2 aliphatic rings. The summed E-state index contributed by atoms with van der Waals surface area (Å²) in [6.45, 7) is 5.41. The third kappa shape index (κ3) is 3.51. The van der Waals surface area contributed by atoms with E-state index in [1.54, 1.807) is 12.0 Å². The smallest absolute Gasteiger partial charge is 0.228 e. The number of anilines is 1. The molecule has 0 bridgehead atoms. The number of benzene rings is 1. The van der Waals surface area contributed by atoms with Gasteiger partial charge in [-0.1, -0.05) is 13.0 Å². The number of nitrogens with zero attached hydrogens (tertiary/aromatic N) is 2. The molecule has 0 unspecified atom stereocenters. The van der Waals surface area contributed by atoms with Crippen LogP contribution in [0.25, 0.3) is 0 Å². The van der Waals surface area contributed by atoms with Crippen molar-refractivity contribution in [3.05, 3.63) is 23.8 Å². The Labute approximate surface area is 149 Å². The molecule has 2 atom stereocenters. The van der Waals surface area contributed by atoms with E-state index in [1.165, 1.54) is 6.42 Å². The summed E-state index contributed by atoms with van der Waals surface area (Å²) in [4.78, 5) is 29.4. The lowest BCUT2D eigenvalue weighted by atomic mass is 9.97. The Morgan fingerprint density at radius 3 is 2.84 bits per heavy atom. The Morgan fingerprint density at radius 1 is 1.32 bits per heavy atom. The summed E-state index contributed by atoms with van der Waals surface area (Å²) >= 11 is 0. The summed E-state index contributed by atoms with van der Waals surface area (Å²) in [5.74, 6) is 0.586. The summed E-state index contributed by atoms with van der Waals surface area (Å²) in [6, 6.07) is 6.13. The molecule has 1 aromatic rings. The quantitative estimate of drug-likeness (QED) is 0.843. The normalized spacial score (nSPS) is 23.9. The second-order valence-electron chi connectivity index (χ2n) is 7.17. The zero-order valence-electron chi connectivity index (χ0n) is 15.5. The SMILES string of the molecule is CC[C@H]1CCCCN1C(=O)[C@H]1CC(=O)N(c2cc(C)ccc2OC)C1. The van der Waals surface area contributed by atoms with Crippen molar-refractivity contribution in [3.63, 3.8) is 0 Å². The van der Waals surface area contributed by atoms with Gasteiger partial charge in [0.25, 0.3) is 0 Å². The van der Waals surface area contributed by atoms with Gasteiger partial charge in [-0.25, -0.2) is 0 Å². The number of piperidine rings is 1. The second-order valence-corrected chi connectivity index (χ2v) is 7.17. The Balaban J connectivity index is 1.78. The highest BCUT2D eigenvalue weighted by Crippen LogP contribution is 2.35. The number of hydrogen-bond acceptors (Lipinski definition) is 3. The van der Waals surface area contributed by atoms with E-state index in [1.807, 2.05) is 30.0 Å².